The Morgan fingerprint density at radius 1 is 1.14 bits per heavy atom. The topological polar surface area (TPSA) is 122 Å². The molecule has 1 rings (SSSR count). The molecule has 0 fully saturated rings. The average Bonchev–Trinajstić information content (AvgIpc) is 2.46. The molecule has 124 valence electrons. The molecule has 0 aromatic heterocycles. The molecule has 0 bridgehead atoms. The van der Waals surface area contributed by atoms with Gasteiger partial charge in [0.2, 0.25) is 0 Å². The molecule has 0 heterocycles. The molecule has 0 saturated heterocycles. The second-order valence-corrected chi connectivity index (χ2v) is 4.37. The number of rotatable bonds is 9. The molecule has 0 aliphatic rings. The standard InChI is InChI=1S/C14H21NO5.Ge.H2O/c16-8-6-15(7-9-17)10-13(18)11-20-14(19)12-4-2-1-3-5-12;;/h1-5,13,16-18H,6-11H2;;1H2. The van der Waals surface area contributed by atoms with Crippen LogP contribution in [-0.4, -0.2) is 94.8 Å². The van der Waals surface area contributed by atoms with Crippen LogP contribution in [0, 0.1) is 0 Å². The van der Waals surface area contributed by atoms with E-state index in [0.717, 1.165) is 0 Å². The fourth-order valence-electron chi connectivity index (χ4n) is 1.76. The number of aliphatic hydroxyl groups is 3. The molecule has 7 nitrogen and oxygen atoms in total. The molecule has 0 saturated carbocycles. The Morgan fingerprint density at radius 3 is 2.18 bits per heavy atom. The van der Waals surface area contributed by atoms with Gasteiger partial charge in [-0.1, -0.05) is 18.2 Å². The molecule has 0 amide bonds. The number of nitrogens with zero attached hydrogens (tertiary/aromatic N) is 1. The van der Waals surface area contributed by atoms with Gasteiger partial charge in [0.05, 0.1) is 18.8 Å². The Hall–Kier alpha value is -0.967. The summed E-state index contributed by atoms with van der Waals surface area (Å²) >= 11 is 0. The summed E-state index contributed by atoms with van der Waals surface area (Å²) in [5.41, 5.74) is 0.433. The van der Waals surface area contributed by atoms with Crippen LogP contribution in [0.2, 0.25) is 0 Å². The van der Waals surface area contributed by atoms with E-state index < -0.39 is 12.1 Å². The van der Waals surface area contributed by atoms with Gasteiger partial charge in [-0.05, 0) is 12.1 Å². The first-order chi connectivity index (χ1) is 9.67. The van der Waals surface area contributed by atoms with Crippen molar-refractivity contribution >= 4 is 23.6 Å². The predicted molar refractivity (Wildman–Crippen MR) is 82.7 cm³/mol. The Labute approximate surface area is 140 Å². The SMILES string of the molecule is O.O=C(OCC(O)CN(CCO)CCO)c1ccccc1.[Ge]. The van der Waals surface area contributed by atoms with Gasteiger partial charge in [-0.15, -0.1) is 0 Å². The van der Waals surface area contributed by atoms with E-state index in [-0.39, 0.29) is 49.4 Å². The Bertz CT molecular complexity index is 386. The van der Waals surface area contributed by atoms with E-state index in [4.69, 9.17) is 14.9 Å². The molecule has 0 aliphatic heterocycles. The second kappa shape index (κ2) is 13.7. The van der Waals surface area contributed by atoms with Gasteiger partial charge in [-0.2, -0.15) is 0 Å². The van der Waals surface area contributed by atoms with Crippen molar-refractivity contribution in [1.82, 2.24) is 4.90 Å². The zero-order valence-corrected chi connectivity index (χ0v) is 14.4. The third-order valence-corrected chi connectivity index (χ3v) is 2.72. The number of esters is 1. The van der Waals surface area contributed by atoms with E-state index in [1.54, 1.807) is 35.2 Å². The zero-order valence-electron chi connectivity index (χ0n) is 12.3. The van der Waals surface area contributed by atoms with Crippen LogP contribution in [0.4, 0.5) is 0 Å². The van der Waals surface area contributed by atoms with Crippen molar-refractivity contribution in [2.24, 2.45) is 0 Å². The van der Waals surface area contributed by atoms with Crippen LogP contribution in [0.1, 0.15) is 10.4 Å². The Balaban J connectivity index is 0. The summed E-state index contributed by atoms with van der Waals surface area (Å²) in [7, 11) is 0. The van der Waals surface area contributed by atoms with Gasteiger partial charge >= 0.3 is 5.97 Å². The van der Waals surface area contributed by atoms with Gasteiger partial charge in [0.15, 0.2) is 0 Å². The first-order valence-corrected chi connectivity index (χ1v) is 6.51. The fraction of sp³-hybridized carbons (Fsp3) is 0.500. The van der Waals surface area contributed by atoms with Gasteiger partial charge < -0.3 is 25.5 Å². The van der Waals surface area contributed by atoms with Gasteiger partial charge in [-0.25, -0.2) is 4.79 Å². The molecule has 22 heavy (non-hydrogen) atoms. The third-order valence-electron chi connectivity index (χ3n) is 2.72. The molecule has 1 atom stereocenters. The van der Waals surface area contributed by atoms with Crippen LogP contribution in [0.25, 0.3) is 0 Å². The quantitative estimate of drug-likeness (QED) is 0.350. The maximum absolute atomic E-state index is 11.7. The summed E-state index contributed by atoms with van der Waals surface area (Å²) in [6, 6.07) is 8.54. The van der Waals surface area contributed by atoms with E-state index in [1.165, 1.54) is 0 Å². The first kappa shape index (κ1) is 23.3. The Morgan fingerprint density at radius 2 is 1.68 bits per heavy atom. The predicted octanol–water partition coefficient (Wildman–Crippen LogP) is -1.71. The molecule has 8 heteroatoms. The van der Waals surface area contributed by atoms with E-state index in [1.807, 2.05) is 0 Å². The normalized spacial score (nSPS) is 11.3. The van der Waals surface area contributed by atoms with Crippen molar-refractivity contribution in [3.63, 3.8) is 0 Å². The molecule has 0 aliphatic carbocycles. The number of aliphatic hydroxyl groups excluding tert-OH is 3. The summed E-state index contributed by atoms with van der Waals surface area (Å²) in [5.74, 6) is -0.486. The number of hydrogen-bond donors (Lipinski definition) is 3. The number of benzene rings is 1. The molecule has 1 unspecified atom stereocenters. The molecular weight excluding hydrogens is 351 g/mol. The zero-order chi connectivity index (χ0) is 14.8. The minimum Gasteiger partial charge on any atom is -0.459 e. The van der Waals surface area contributed by atoms with Crippen molar-refractivity contribution in [2.75, 3.05) is 39.5 Å². The summed E-state index contributed by atoms with van der Waals surface area (Å²) in [4.78, 5) is 13.4. The monoisotopic (exact) mass is 375 g/mol. The van der Waals surface area contributed by atoms with Crippen molar-refractivity contribution < 1.29 is 30.3 Å². The van der Waals surface area contributed by atoms with Gasteiger partial charge in [-0.3, -0.25) is 4.90 Å². The van der Waals surface area contributed by atoms with Crippen molar-refractivity contribution in [1.29, 1.82) is 0 Å². The Kier molecular flexibility index (Phi) is 14.5. The summed E-state index contributed by atoms with van der Waals surface area (Å²) < 4.78 is 5.01. The van der Waals surface area contributed by atoms with Crippen molar-refractivity contribution in [2.45, 2.75) is 6.10 Å². The summed E-state index contributed by atoms with van der Waals surface area (Å²) in [6.07, 6.45) is -0.860. The van der Waals surface area contributed by atoms with Gasteiger partial charge in [0.1, 0.15) is 12.7 Å². The van der Waals surface area contributed by atoms with E-state index in [2.05, 4.69) is 0 Å². The van der Waals surface area contributed by atoms with Crippen LogP contribution in [0.15, 0.2) is 30.3 Å². The fourth-order valence-corrected chi connectivity index (χ4v) is 1.76. The van der Waals surface area contributed by atoms with Gasteiger partial charge in [0, 0.05) is 37.2 Å². The average molecular weight is 374 g/mol. The number of carbonyl (C=O) groups is 1. The van der Waals surface area contributed by atoms with Gasteiger partial charge in [0.25, 0.3) is 0 Å². The van der Waals surface area contributed by atoms with Crippen molar-refractivity contribution in [3.8, 4) is 0 Å². The second-order valence-electron chi connectivity index (χ2n) is 4.37. The maximum atomic E-state index is 11.7. The molecule has 1 aromatic rings. The minimum absolute atomic E-state index is 0. The number of hydrogen-bond acceptors (Lipinski definition) is 6. The number of ether oxygens (including phenoxy) is 1. The minimum atomic E-state index is -0.860. The molecule has 1 aromatic carbocycles. The van der Waals surface area contributed by atoms with Crippen LogP contribution in [-0.2, 0) is 4.74 Å². The first-order valence-electron chi connectivity index (χ1n) is 6.51. The molecule has 4 radical (unpaired) electrons. The van der Waals surface area contributed by atoms with Crippen LogP contribution >= 0.6 is 0 Å². The summed E-state index contributed by atoms with van der Waals surface area (Å²) in [5, 5.41) is 27.5. The molecular formula is C14H23GeNO6. The number of carbonyl (C=O) groups excluding carboxylic acids is 1. The van der Waals surface area contributed by atoms with E-state index in [0.29, 0.717) is 18.7 Å². The third kappa shape index (κ3) is 9.13. The maximum Gasteiger partial charge on any atom is 0.338 e. The van der Waals surface area contributed by atoms with Crippen LogP contribution in [0.5, 0.6) is 0 Å². The van der Waals surface area contributed by atoms with E-state index >= 15 is 0 Å². The van der Waals surface area contributed by atoms with E-state index in [9.17, 15) is 9.90 Å². The largest absolute Gasteiger partial charge is 0.459 e. The van der Waals surface area contributed by atoms with Crippen LogP contribution in [0.3, 0.4) is 0 Å². The molecule has 0 spiro atoms. The summed E-state index contributed by atoms with van der Waals surface area (Å²) in [6.45, 7) is 0.686. The van der Waals surface area contributed by atoms with Crippen LogP contribution < -0.4 is 0 Å². The molecule has 5 N–H and O–H groups in total. The smallest absolute Gasteiger partial charge is 0.338 e. The van der Waals surface area contributed by atoms with Crippen molar-refractivity contribution in [3.05, 3.63) is 35.9 Å².